The Kier molecular flexibility index (Phi) is 4.03. The average molecular weight is 324 g/mol. The fourth-order valence-electron chi connectivity index (χ4n) is 2.17. The highest BCUT2D eigenvalue weighted by Crippen LogP contribution is 2.27. The molecule has 1 aromatic heterocycles. The van der Waals surface area contributed by atoms with Crippen LogP contribution in [0.25, 0.3) is 0 Å². The van der Waals surface area contributed by atoms with Crippen molar-refractivity contribution in [3.8, 4) is 0 Å². The van der Waals surface area contributed by atoms with Crippen molar-refractivity contribution in [1.82, 2.24) is 4.31 Å². The normalized spacial score (nSPS) is 24.4. The van der Waals surface area contributed by atoms with Gasteiger partial charge in [0.25, 0.3) is 0 Å². The molecule has 1 fully saturated rings. The van der Waals surface area contributed by atoms with Gasteiger partial charge in [-0.25, -0.2) is 16.8 Å². The molecule has 2 rings (SSSR count). The summed E-state index contributed by atoms with van der Waals surface area (Å²) in [6.45, 7) is 1.78. The van der Waals surface area contributed by atoms with Crippen LogP contribution in [0.4, 0.5) is 0 Å². The van der Waals surface area contributed by atoms with E-state index in [0.29, 0.717) is 4.88 Å². The van der Waals surface area contributed by atoms with Crippen molar-refractivity contribution >= 4 is 31.2 Å². The van der Waals surface area contributed by atoms with E-state index in [1.54, 1.807) is 12.3 Å². The maximum absolute atomic E-state index is 12.5. The molecule has 2 N–H and O–H groups in total. The van der Waals surface area contributed by atoms with Gasteiger partial charge in [-0.1, -0.05) is 0 Å². The Morgan fingerprint density at radius 1 is 1.53 bits per heavy atom. The molecule has 0 spiro atoms. The van der Waals surface area contributed by atoms with Gasteiger partial charge in [0.05, 0.1) is 16.4 Å². The molecule has 1 unspecified atom stereocenters. The zero-order valence-corrected chi connectivity index (χ0v) is 12.9. The Bertz CT molecular complexity index is 663. The van der Waals surface area contributed by atoms with Crippen LogP contribution in [0.3, 0.4) is 0 Å². The first-order valence-corrected chi connectivity index (χ1v) is 9.91. The minimum atomic E-state index is -3.66. The lowest BCUT2D eigenvalue weighted by Gasteiger charge is -2.32. The van der Waals surface area contributed by atoms with Gasteiger partial charge in [-0.05, 0) is 18.4 Å². The average Bonchev–Trinajstić information content (AvgIpc) is 2.75. The Hall–Kier alpha value is -0.480. The summed E-state index contributed by atoms with van der Waals surface area (Å²) in [5, 5.41) is 1.68. The van der Waals surface area contributed by atoms with Crippen LogP contribution >= 0.6 is 11.3 Å². The third-order valence-electron chi connectivity index (χ3n) is 3.09. The third kappa shape index (κ3) is 2.84. The summed E-state index contributed by atoms with van der Waals surface area (Å²) in [6.07, 6.45) is 0. The molecule has 0 saturated carbocycles. The lowest BCUT2D eigenvalue weighted by molar-refractivity contribution is 0.356. The largest absolute Gasteiger partial charge is 0.326 e. The van der Waals surface area contributed by atoms with E-state index in [2.05, 4.69) is 0 Å². The summed E-state index contributed by atoms with van der Waals surface area (Å²) in [5.74, 6) is -0.257. The van der Waals surface area contributed by atoms with Crippen LogP contribution in [0.2, 0.25) is 0 Å². The summed E-state index contributed by atoms with van der Waals surface area (Å²) < 4.78 is 49.3. The van der Waals surface area contributed by atoms with Crippen LogP contribution in [0.1, 0.15) is 11.8 Å². The molecular weight excluding hydrogens is 308 g/mol. The van der Waals surface area contributed by atoms with Crippen molar-refractivity contribution in [2.75, 3.05) is 18.1 Å². The highest BCUT2D eigenvalue weighted by molar-refractivity contribution is 7.92. The molecule has 1 saturated heterocycles. The van der Waals surface area contributed by atoms with Gasteiger partial charge in [0.1, 0.15) is 0 Å². The van der Waals surface area contributed by atoms with Gasteiger partial charge in [0.15, 0.2) is 9.84 Å². The minimum absolute atomic E-state index is 0.00565. The fourth-order valence-corrected chi connectivity index (χ4v) is 6.88. The lowest BCUT2D eigenvalue weighted by atomic mass is 10.4. The van der Waals surface area contributed by atoms with Crippen LogP contribution in [0, 0.1) is 0 Å². The molecule has 0 bridgehead atoms. The van der Waals surface area contributed by atoms with E-state index < -0.39 is 25.9 Å². The maximum Gasteiger partial charge on any atom is 0.244 e. The molecule has 0 radical (unpaired) electrons. The van der Waals surface area contributed by atoms with E-state index in [0.717, 1.165) is 0 Å². The fraction of sp³-hybridized carbons (Fsp3) is 0.600. The highest BCUT2D eigenvalue weighted by atomic mass is 32.2. The van der Waals surface area contributed by atoms with Crippen molar-refractivity contribution < 1.29 is 16.8 Å². The molecule has 6 nitrogen and oxygen atoms in total. The van der Waals surface area contributed by atoms with Crippen molar-refractivity contribution in [2.24, 2.45) is 5.73 Å². The Balaban J connectivity index is 2.36. The number of nitrogens with zero attached hydrogens (tertiary/aromatic N) is 1. The smallest absolute Gasteiger partial charge is 0.244 e. The predicted octanol–water partition coefficient (Wildman–Crippen LogP) is 0.0144. The first kappa shape index (κ1) is 14.9. The topological polar surface area (TPSA) is 97.5 Å². The molecule has 0 amide bonds. The number of sulfone groups is 1. The predicted molar refractivity (Wildman–Crippen MR) is 74.2 cm³/mol. The monoisotopic (exact) mass is 324 g/mol. The molecule has 1 aromatic rings. The van der Waals surface area contributed by atoms with Gasteiger partial charge < -0.3 is 5.73 Å². The van der Waals surface area contributed by atoms with Gasteiger partial charge in [0, 0.05) is 24.0 Å². The summed E-state index contributed by atoms with van der Waals surface area (Å²) >= 11 is 1.29. The minimum Gasteiger partial charge on any atom is -0.326 e. The molecule has 1 aliphatic heterocycles. The van der Waals surface area contributed by atoms with Gasteiger partial charge in [-0.15, -0.1) is 11.3 Å². The Morgan fingerprint density at radius 3 is 2.79 bits per heavy atom. The van der Waals surface area contributed by atoms with Crippen molar-refractivity contribution in [2.45, 2.75) is 24.4 Å². The first-order valence-electron chi connectivity index (χ1n) is 5.76. The Labute approximate surface area is 117 Å². The van der Waals surface area contributed by atoms with Crippen molar-refractivity contribution in [3.63, 3.8) is 0 Å². The van der Waals surface area contributed by atoms with Crippen LogP contribution in [-0.2, 0) is 26.4 Å². The molecule has 1 aliphatic rings. The summed E-state index contributed by atoms with van der Waals surface area (Å²) in [4.78, 5) is 0.798. The standard InChI is InChI=1S/C10H16N2O4S3/c1-8-7-18(13,14)5-3-12(8)19(15,16)10-2-4-17-9(10)6-11/h2,4,8H,3,5-7,11H2,1H3. The van der Waals surface area contributed by atoms with Crippen LogP contribution < -0.4 is 5.73 Å². The molecule has 108 valence electrons. The van der Waals surface area contributed by atoms with E-state index in [9.17, 15) is 16.8 Å². The van der Waals surface area contributed by atoms with Gasteiger partial charge in [-0.3, -0.25) is 0 Å². The van der Waals surface area contributed by atoms with Gasteiger partial charge in [0.2, 0.25) is 10.0 Å². The number of hydrogen-bond donors (Lipinski definition) is 1. The quantitative estimate of drug-likeness (QED) is 0.845. The van der Waals surface area contributed by atoms with E-state index in [1.165, 1.54) is 21.7 Å². The number of hydrogen-bond acceptors (Lipinski definition) is 6. The van der Waals surface area contributed by atoms with E-state index in [-0.39, 0.29) is 29.5 Å². The molecule has 2 heterocycles. The van der Waals surface area contributed by atoms with Crippen molar-refractivity contribution in [1.29, 1.82) is 0 Å². The molecule has 1 atom stereocenters. The zero-order valence-electron chi connectivity index (χ0n) is 10.4. The first-order chi connectivity index (χ1) is 8.78. The molecule has 19 heavy (non-hydrogen) atoms. The van der Waals surface area contributed by atoms with E-state index in [1.807, 2.05) is 0 Å². The number of nitrogens with two attached hydrogens (primary N) is 1. The van der Waals surface area contributed by atoms with E-state index in [4.69, 9.17) is 5.73 Å². The number of rotatable bonds is 3. The van der Waals surface area contributed by atoms with Crippen LogP contribution in [-0.4, -0.2) is 45.2 Å². The van der Waals surface area contributed by atoms with Crippen molar-refractivity contribution in [3.05, 3.63) is 16.3 Å². The zero-order chi connectivity index (χ0) is 14.3. The number of sulfonamides is 1. The van der Waals surface area contributed by atoms with Crippen LogP contribution in [0.5, 0.6) is 0 Å². The molecule has 0 aromatic carbocycles. The second-order valence-corrected chi connectivity index (χ2v) is 9.58. The highest BCUT2D eigenvalue weighted by Gasteiger charge is 2.37. The van der Waals surface area contributed by atoms with Crippen LogP contribution in [0.15, 0.2) is 16.3 Å². The number of thiophene rings is 1. The lowest BCUT2D eigenvalue weighted by Crippen LogP contribution is -2.49. The molecule has 9 heteroatoms. The second-order valence-electron chi connectivity index (χ2n) is 4.49. The van der Waals surface area contributed by atoms with E-state index >= 15 is 0 Å². The summed E-state index contributed by atoms with van der Waals surface area (Å²) in [7, 11) is -6.80. The van der Waals surface area contributed by atoms with Gasteiger partial charge in [-0.2, -0.15) is 4.31 Å². The summed E-state index contributed by atoms with van der Waals surface area (Å²) in [6, 6.07) is 0.979. The SMILES string of the molecule is CC1CS(=O)(=O)CCN1S(=O)(=O)c1ccsc1CN. The molecule has 0 aliphatic carbocycles. The maximum atomic E-state index is 12.5. The Morgan fingerprint density at radius 2 is 2.21 bits per heavy atom. The molecular formula is C10H16N2O4S3. The summed E-state index contributed by atoms with van der Waals surface area (Å²) in [5.41, 5.74) is 5.53. The van der Waals surface area contributed by atoms with Gasteiger partial charge >= 0.3 is 0 Å². The third-order valence-corrected chi connectivity index (χ3v) is 8.05. The second kappa shape index (κ2) is 5.13.